The summed E-state index contributed by atoms with van der Waals surface area (Å²) in [6.45, 7) is 3.50. The monoisotopic (exact) mass is 549 g/mol. The van der Waals surface area contributed by atoms with Gasteiger partial charge < -0.3 is 29.9 Å². The average molecular weight is 550 g/mol. The molecule has 0 spiro atoms. The molecule has 2 aliphatic heterocycles. The zero-order chi connectivity index (χ0) is 28.1. The summed E-state index contributed by atoms with van der Waals surface area (Å²) in [5.41, 5.74) is 1.37. The summed E-state index contributed by atoms with van der Waals surface area (Å²) in [5, 5.41) is 36.6. The Labute approximate surface area is 229 Å². The van der Waals surface area contributed by atoms with E-state index in [0.717, 1.165) is 34.9 Å². The first-order chi connectivity index (χ1) is 19.1. The molecule has 3 aromatic rings. The molecule has 1 unspecified atom stereocenters. The zero-order valence-corrected chi connectivity index (χ0v) is 22.5. The number of aliphatic hydroxyl groups is 3. The lowest BCUT2D eigenvalue weighted by Crippen LogP contribution is -2.47. The van der Waals surface area contributed by atoms with Crippen molar-refractivity contribution in [1.82, 2.24) is 14.9 Å². The Bertz CT molecular complexity index is 1680. The highest BCUT2D eigenvalue weighted by Crippen LogP contribution is 2.46. The third kappa shape index (κ3) is 3.36. The van der Waals surface area contributed by atoms with E-state index in [0.29, 0.717) is 53.7 Å². The first-order valence-electron chi connectivity index (χ1n) is 14.0. The van der Waals surface area contributed by atoms with Crippen LogP contribution in [0.2, 0.25) is 0 Å². The third-order valence-electron chi connectivity index (χ3n) is 9.69. The summed E-state index contributed by atoms with van der Waals surface area (Å²) in [4.78, 5) is 31.9. The molecule has 4 N–H and O–H groups in total. The van der Waals surface area contributed by atoms with Gasteiger partial charge in [0.15, 0.2) is 6.29 Å². The van der Waals surface area contributed by atoms with E-state index in [1.54, 1.807) is 24.5 Å². The Balaban J connectivity index is 1.45. The minimum Gasteiger partial charge on any atom is -0.380 e. The number of hydrogen-bond donors (Lipinski definition) is 4. The standard InChI is InChI=1S/C30H32FN3O6/c1-3-30(39)18-10-22-25-16(12-34(22)26(35)17(18)13-40-28(30)37)24-20(33-27(36)29(38)8-4-5-9-29)7-6-15-14(2)19(31)11-21(32-25)23(15)24/h10-11,20,28,37-39H,3-9,12-13H2,1-2H3,(H,33,36)/t20-,28?,30-/m0/s1. The van der Waals surface area contributed by atoms with Crippen LogP contribution < -0.4 is 10.9 Å². The number of aliphatic hydroxyl groups excluding tert-OH is 1. The number of carbonyl (C=O) groups is 1. The molecule has 1 fully saturated rings. The molecule has 0 saturated heterocycles. The number of fused-ring (bicyclic) bond motifs is 5. The number of hydrogen-bond acceptors (Lipinski definition) is 7. The Morgan fingerprint density at radius 3 is 2.70 bits per heavy atom. The molecule has 4 heterocycles. The second-order valence-corrected chi connectivity index (χ2v) is 11.8. The van der Waals surface area contributed by atoms with Gasteiger partial charge in [0.1, 0.15) is 17.0 Å². The number of rotatable bonds is 3. The van der Waals surface area contributed by atoms with E-state index in [2.05, 4.69) is 5.32 Å². The lowest BCUT2D eigenvalue weighted by molar-refractivity contribution is -0.236. The van der Waals surface area contributed by atoms with Gasteiger partial charge in [0.25, 0.3) is 11.5 Å². The number of ether oxygens (including phenoxy) is 1. The van der Waals surface area contributed by atoms with Crippen molar-refractivity contribution in [2.75, 3.05) is 0 Å². The third-order valence-corrected chi connectivity index (χ3v) is 9.69. The quantitative estimate of drug-likeness (QED) is 0.309. The Morgan fingerprint density at radius 2 is 1.98 bits per heavy atom. The fraction of sp³-hybridized carbons (Fsp3) is 0.500. The van der Waals surface area contributed by atoms with Crippen LogP contribution in [0, 0.1) is 12.7 Å². The van der Waals surface area contributed by atoms with Crippen LogP contribution in [0.3, 0.4) is 0 Å². The van der Waals surface area contributed by atoms with Crippen LogP contribution in [-0.4, -0.2) is 42.7 Å². The van der Waals surface area contributed by atoms with Crippen molar-refractivity contribution >= 4 is 16.8 Å². The van der Waals surface area contributed by atoms with Gasteiger partial charge in [-0.2, -0.15) is 0 Å². The Hall–Kier alpha value is -3.18. The minimum absolute atomic E-state index is 0.123. The Kier molecular flexibility index (Phi) is 5.58. The van der Waals surface area contributed by atoms with Crippen molar-refractivity contribution in [3.05, 3.63) is 61.7 Å². The molecule has 210 valence electrons. The van der Waals surface area contributed by atoms with E-state index in [1.165, 1.54) is 6.07 Å². The number of halogens is 1. The summed E-state index contributed by atoms with van der Waals surface area (Å²) >= 11 is 0. The maximum absolute atomic E-state index is 15.1. The maximum Gasteiger partial charge on any atom is 0.257 e. The molecule has 7 rings (SSSR count). The van der Waals surface area contributed by atoms with Crippen LogP contribution in [0.4, 0.5) is 4.39 Å². The number of nitrogens with zero attached hydrogens (tertiary/aromatic N) is 2. The highest BCUT2D eigenvalue weighted by molar-refractivity contribution is 5.94. The van der Waals surface area contributed by atoms with E-state index in [-0.39, 0.29) is 36.5 Å². The van der Waals surface area contributed by atoms with E-state index < -0.39 is 29.4 Å². The summed E-state index contributed by atoms with van der Waals surface area (Å²) in [7, 11) is 0. The first kappa shape index (κ1) is 25.8. The molecule has 40 heavy (non-hydrogen) atoms. The SMILES string of the molecule is CC[C@]1(O)c2cc3n(c(=O)c2COC1O)Cc1c-3nc2cc(F)c(C)c3c2c1[C@@H](NC(=O)C1(O)CCCC1)CC3. The van der Waals surface area contributed by atoms with Crippen LogP contribution in [0.5, 0.6) is 0 Å². The van der Waals surface area contributed by atoms with E-state index >= 15 is 4.39 Å². The molecule has 1 amide bonds. The second kappa shape index (κ2) is 8.66. The van der Waals surface area contributed by atoms with Crippen LogP contribution in [0.1, 0.15) is 84.9 Å². The van der Waals surface area contributed by atoms with Gasteiger partial charge in [0, 0.05) is 28.1 Å². The van der Waals surface area contributed by atoms with E-state index in [9.17, 15) is 24.9 Å². The van der Waals surface area contributed by atoms with Crippen LogP contribution >= 0.6 is 0 Å². The normalized spacial score (nSPS) is 25.9. The highest BCUT2D eigenvalue weighted by atomic mass is 19.1. The molecular weight excluding hydrogens is 517 g/mol. The molecule has 0 bridgehead atoms. The van der Waals surface area contributed by atoms with E-state index in [1.807, 2.05) is 0 Å². The highest BCUT2D eigenvalue weighted by Gasteiger charge is 2.45. The van der Waals surface area contributed by atoms with Gasteiger partial charge in [-0.25, -0.2) is 9.37 Å². The number of amides is 1. The van der Waals surface area contributed by atoms with Crippen LogP contribution in [-0.2, 0) is 34.7 Å². The summed E-state index contributed by atoms with van der Waals surface area (Å²) < 4.78 is 22.0. The number of benzene rings is 1. The lowest BCUT2D eigenvalue weighted by atomic mass is 9.81. The number of aryl methyl sites for hydroxylation is 1. The molecule has 1 saturated carbocycles. The molecular formula is C30H32FN3O6. The molecule has 1 aromatic carbocycles. The number of aromatic nitrogens is 2. The van der Waals surface area contributed by atoms with E-state index in [4.69, 9.17) is 9.72 Å². The molecule has 9 nitrogen and oxygen atoms in total. The van der Waals surface area contributed by atoms with Gasteiger partial charge in [-0.15, -0.1) is 0 Å². The summed E-state index contributed by atoms with van der Waals surface area (Å²) in [5.74, 6) is -0.775. The minimum atomic E-state index is -1.76. The molecule has 10 heteroatoms. The second-order valence-electron chi connectivity index (χ2n) is 11.8. The van der Waals surface area contributed by atoms with Crippen LogP contribution in [0.15, 0.2) is 16.9 Å². The molecule has 4 aliphatic rings. The van der Waals surface area contributed by atoms with Crippen molar-refractivity contribution in [1.29, 1.82) is 0 Å². The van der Waals surface area contributed by atoms with Gasteiger partial charge in [0.05, 0.1) is 36.1 Å². The summed E-state index contributed by atoms with van der Waals surface area (Å²) in [6, 6.07) is 2.63. The first-order valence-corrected chi connectivity index (χ1v) is 14.0. The fourth-order valence-electron chi connectivity index (χ4n) is 7.29. The smallest absolute Gasteiger partial charge is 0.257 e. The van der Waals surface area contributed by atoms with Gasteiger partial charge in [-0.1, -0.05) is 6.92 Å². The van der Waals surface area contributed by atoms with Crippen molar-refractivity contribution < 1.29 is 29.2 Å². The van der Waals surface area contributed by atoms with Crippen molar-refractivity contribution in [3.63, 3.8) is 0 Å². The van der Waals surface area contributed by atoms with Gasteiger partial charge in [0.2, 0.25) is 0 Å². The van der Waals surface area contributed by atoms with Crippen molar-refractivity contribution in [2.45, 2.75) is 95.5 Å². The van der Waals surface area contributed by atoms with Gasteiger partial charge in [-0.05, 0) is 74.6 Å². The number of carbonyl (C=O) groups excluding carboxylic acids is 1. The van der Waals surface area contributed by atoms with Gasteiger partial charge in [-0.3, -0.25) is 9.59 Å². The molecule has 0 radical (unpaired) electrons. The van der Waals surface area contributed by atoms with Crippen molar-refractivity contribution in [3.8, 4) is 11.4 Å². The largest absolute Gasteiger partial charge is 0.380 e. The molecule has 2 aromatic heterocycles. The van der Waals surface area contributed by atoms with Gasteiger partial charge >= 0.3 is 0 Å². The number of pyridine rings is 2. The Morgan fingerprint density at radius 1 is 1.23 bits per heavy atom. The zero-order valence-electron chi connectivity index (χ0n) is 22.5. The molecule has 3 atom stereocenters. The molecule has 2 aliphatic carbocycles. The lowest BCUT2D eigenvalue weighted by Gasteiger charge is -2.37. The van der Waals surface area contributed by atoms with Crippen LogP contribution in [0.25, 0.3) is 22.3 Å². The predicted octanol–water partition coefficient (Wildman–Crippen LogP) is 2.73. The predicted molar refractivity (Wildman–Crippen MR) is 143 cm³/mol. The summed E-state index contributed by atoms with van der Waals surface area (Å²) in [6.07, 6.45) is 2.09. The number of nitrogens with one attached hydrogen (secondary N) is 1. The maximum atomic E-state index is 15.1. The average Bonchev–Trinajstić information content (AvgIpc) is 3.55. The fourth-order valence-corrected chi connectivity index (χ4v) is 7.29. The topological polar surface area (TPSA) is 134 Å². The van der Waals surface area contributed by atoms with Crippen molar-refractivity contribution in [2.24, 2.45) is 0 Å².